The number of aromatic nitrogens is 3. The first-order valence-corrected chi connectivity index (χ1v) is 9.69. The predicted octanol–water partition coefficient (Wildman–Crippen LogP) is 2.20. The van der Waals surface area contributed by atoms with Crippen LogP contribution >= 0.6 is 15.9 Å². The van der Waals surface area contributed by atoms with Crippen LogP contribution in [-0.2, 0) is 12.0 Å². The molecule has 0 spiro atoms. The third-order valence-electron chi connectivity index (χ3n) is 4.80. The molecule has 1 aromatic carbocycles. The van der Waals surface area contributed by atoms with E-state index in [0.717, 1.165) is 22.4 Å². The third kappa shape index (κ3) is 3.67. The molecule has 0 fully saturated rings. The van der Waals surface area contributed by atoms with Crippen molar-refractivity contribution in [3.8, 4) is 0 Å². The maximum atomic E-state index is 4.95. The van der Waals surface area contributed by atoms with Crippen molar-refractivity contribution in [1.82, 2.24) is 9.38 Å². The molecule has 0 bridgehead atoms. The second-order valence-electron chi connectivity index (χ2n) is 7.86. The molecule has 27 heavy (non-hydrogen) atoms. The summed E-state index contributed by atoms with van der Waals surface area (Å²) >= 11 is 3.63. The van der Waals surface area contributed by atoms with Crippen molar-refractivity contribution in [2.24, 2.45) is 0 Å². The number of rotatable bonds is 2. The summed E-state index contributed by atoms with van der Waals surface area (Å²) in [7, 11) is 0. The van der Waals surface area contributed by atoms with Crippen molar-refractivity contribution in [2.45, 2.75) is 39.7 Å². The lowest BCUT2D eigenvalue weighted by Crippen LogP contribution is -3.00. The molecule has 3 aromatic heterocycles. The Labute approximate surface area is 179 Å². The van der Waals surface area contributed by atoms with E-state index in [-0.39, 0.29) is 22.4 Å². The number of pyridine rings is 2. The second-order valence-corrected chi connectivity index (χ2v) is 8.77. The molecule has 0 atom stereocenters. The van der Waals surface area contributed by atoms with Crippen LogP contribution in [0.2, 0.25) is 0 Å². The number of fused-ring (bicyclic) bond motifs is 3. The van der Waals surface area contributed by atoms with Crippen LogP contribution in [0.3, 0.4) is 0 Å². The van der Waals surface area contributed by atoms with Crippen molar-refractivity contribution in [1.29, 1.82) is 0 Å². The minimum absolute atomic E-state index is 0. The summed E-state index contributed by atoms with van der Waals surface area (Å²) in [4.78, 5) is 4.95. The molecule has 140 valence electrons. The fourth-order valence-electron chi connectivity index (χ4n) is 3.47. The highest BCUT2D eigenvalue weighted by Gasteiger charge is 2.26. The zero-order chi connectivity index (χ0) is 18.5. The Morgan fingerprint density at radius 3 is 2.44 bits per heavy atom. The van der Waals surface area contributed by atoms with E-state index in [0.29, 0.717) is 0 Å². The van der Waals surface area contributed by atoms with E-state index >= 15 is 0 Å². The average molecular weight is 489 g/mol. The Balaban J connectivity index is 0.00000210. The SMILES string of the molecule is Cc1nc(C(C)(C)C)cc2c1[n+](Cc1ccccc1)c1ccc(Br)cn21.[Br-]. The Bertz CT molecular complexity index is 1110. The van der Waals surface area contributed by atoms with Crippen LogP contribution in [0.4, 0.5) is 0 Å². The minimum Gasteiger partial charge on any atom is -1.00 e. The second kappa shape index (κ2) is 7.36. The molecule has 3 nitrogen and oxygen atoms in total. The van der Waals surface area contributed by atoms with Gasteiger partial charge in [-0.1, -0.05) is 51.1 Å². The smallest absolute Gasteiger partial charge is 0.287 e. The quantitative estimate of drug-likeness (QED) is 0.396. The van der Waals surface area contributed by atoms with Gasteiger partial charge in [0.05, 0.1) is 15.9 Å². The lowest BCUT2D eigenvalue weighted by atomic mass is 9.91. The van der Waals surface area contributed by atoms with Gasteiger partial charge >= 0.3 is 0 Å². The molecule has 0 aliphatic heterocycles. The monoisotopic (exact) mass is 487 g/mol. The average Bonchev–Trinajstić information content (AvgIpc) is 2.89. The molecule has 4 aromatic rings. The fourth-order valence-corrected chi connectivity index (χ4v) is 3.81. The number of benzene rings is 1. The molecule has 0 amide bonds. The van der Waals surface area contributed by atoms with Gasteiger partial charge in [0.25, 0.3) is 5.65 Å². The van der Waals surface area contributed by atoms with E-state index in [1.165, 1.54) is 22.2 Å². The molecule has 0 aliphatic rings. The Kier molecular flexibility index (Phi) is 5.46. The van der Waals surface area contributed by atoms with Gasteiger partial charge in [-0.05, 0) is 34.5 Å². The van der Waals surface area contributed by atoms with E-state index in [4.69, 9.17) is 4.98 Å². The number of hydrogen-bond donors (Lipinski definition) is 0. The van der Waals surface area contributed by atoms with Gasteiger partial charge in [0.2, 0.25) is 0 Å². The zero-order valence-corrected chi connectivity index (χ0v) is 19.2. The van der Waals surface area contributed by atoms with Crippen LogP contribution in [0.25, 0.3) is 16.7 Å². The summed E-state index contributed by atoms with van der Waals surface area (Å²) in [6.07, 6.45) is 2.14. The van der Waals surface area contributed by atoms with Crippen LogP contribution < -0.4 is 21.5 Å². The zero-order valence-electron chi connectivity index (χ0n) is 16.0. The molecule has 0 aliphatic carbocycles. The lowest BCUT2D eigenvalue weighted by Gasteiger charge is -2.17. The van der Waals surface area contributed by atoms with E-state index < -0.39 is 0 Å². The fraction of sp³-hybridized carbons (Fsp3) is 0.273. The molecule has 4 rings (SSSR count). The van der Waals surface area contributed by atoms with Crippen molar-refractivity contribution >= 4 is 32.6 Å². The Morgan fingerprint density at radius 1 is 1.07 bits per heavy atom. The molecule has 0 radical (unpaired) electrons. The summed E-state index contributed by atoms with van der Waals surface area (Å²) in [6.45, 7) is 9.58. The summed E-state index contributed by atoms with van der Waals surface area (Å²) in [6, 6.07) is 17.1. The van der Waals surface area contributed by atoms with Crippen molar-refractivity contribution in [3.63, 3.8) is 0 Å². The highest BCUT2D eigenvalue weighted by Crippen LogP contribution is 2.27. The molecule has 0 N–H and O–H groups in total. The number of aryl methyl sites for hydroxylation is 1. The van der Waals surface area contributed by atoms with Crippen LogP contribution in [0.5, 0.6) is 0 Å². The molecule has 3 heterocycles. The molecule has 5 heteroatoms. The Hall–Kier alpha value is -1.72. The minimum atomic E-state index is 0. The van der Waals surface area contributed by atoms with E-state index in [9.17, 15) is 0 Å². The van der Waals surface area contributed by atoms with E-state index in [2.05, 4.69) is 107 Å². The number of imidazole rings is 1. The van der Waals surface area contributed by atoms with Gasteiger partial charge in [0.1, 0.15) is 12.7 Å². The van der Waals surface area contributed by atoms with Gasteiger partial charge in [0.15, 0.2) is 11.0 Å². The van der Waals surface area contributed by atoms with Gasteiger partial charge in [-0.15, -0.1) is 0 Å². The number of halogens is 2. The van der Waals surface area contributed by atoms with Gasteiger partial charge < -0.3 is 17.0 Å². The molecular weight excluding hydrogens is 466 g/mol. The Morgan fingerprint density at radius 2 is 1.78 bits per heavy atom. The highest BCUT2D eigenvalue weighted by molar-refractivity contribution is 9.10. The van der Waals surface area contributed by atoms with Crippen molar-refractivity contribution in [3.05, 3.63) is 76.2 Å². The van der Waals surface area contributed by atoms with Crippen LogP contribution in [0.15, 0.2) is 59.2 Å². The highest BCUT2D eigenvalue weighted by atomic mass is 79.9. The van der Waals surface area contributed by atoms with Crippen molar-refractivity contribution in [2.75, 3.05) is 0 Å². The lowest BCUT2D eigenvalue weighted by molar-refractivity contribution is -0.636. The summed E-state index contributed by atoms with van der Waals surface area (Å²) in [5, 5.41) is 0. The maximum Gasteiger partial charge on any atom is 0.287 e. The molecular formula is C22H23Br2N3. The first-order chi connectivity index (χ1) is 12.3. The number of nitrogens with zero attached hydrogens (tertiary/aromatic N) is 3. The number of hydrogen-bond acceptors (Lipinski definition) is 1. The van der Waals surface area contributed by atoms with Gasteiger partial charge in [-0.3, -0.25) is 4.98 Å². The molecule has 0 saturated carbocycles. The van der Waals surface area contributed by atoms with E-state index in [1.807, 2.05) is 0 Å². The first-order valence-electron chi connectivity index (χ1n) is 8.90. The summed E-state index contributed by atoms with van der Waals surface area (Å²) in [5.74, 6) is 0. The topological polar surface area (TPSA) is 21.2 Å². The standard InChI is InChI=1S/C22H23BrN3.BrH/c1-15-21-18(12-19(24-15)22(2,3)4)25-14-17(23)10-11-20(25)26(21)13-16-8-6-5-7-9-16;/h5-12,14H,13H2,1-4H3;1H/q+1;/p-1. The predicted molar refractivity (Wildman–Crippen MR) is 110 cm³/mol. The summed E-state index contributed by atoms with van der Waals surface area (Å²) < 4.78 is 5.71. The van der Waals surface area contributed by atoms with Crippen LogP contribution in [-0.4, -0.2) is 9.38 Å². The van der Waals surface area contributed by atoms with Crippen LogP contribution in [0, 0.1) is 6.92 Å². The summed E-state index contributed by atoms with van der Waals surface area (Å²) in [5.41, 5.74) is 7.06. The largest absolute Gasteiger partial charge is 1.00 e. The van der Waals surface area contributed by atoms with Crippen LogP contribution in [0.1, 0.15) is 37.7 Å². The van der Waals surface area contributed by atoms with Crippen molar-refractivity contribution < 1.29 is 21.5 Å². The normalized spacial score (nSPS) is 11.7. The maximum absolute atomic E-state index is 4.95. The first kappa shape index (κ1) is 20.0. The van der Waals surface area contributed by atoms with Gasteiger partial charge in [-0.2, -0.15) is 4.40 Å². The van der Waals surface area contributed by atoms with Gasteiger partial charge in [-0.25, -0.2) is 4.57 Å². The molecule has 0 saturated heterocycles. The van der Waals surface area contributed by atoms with E-state index in [1.54, 1.807) is 0 Å². The molecule has 0 unspecified atom stereocenters. The van der Waals surface area contributed by atoms with Gasteiger partial charge in [0, 0.05) is 17.5 Å². The third-order valence-corrected chi connectivity index (χ3v) is 5.26.